The second kappa shape index (κ2) is 5.58. The Bertz CT molecular complexity index is 636. The van der Waals surface area contributed by atoms with E-state index in [0.717, 1.165) is 6.26 Å². The second-order valence-corrected chi connectivity index (χ2v) is 8.36. The van der Waals surface area contributed by atoms with E-state index >= 15 is 0 Å². The van der Waals surface area contributed by atoms with E-state index in [1.54, 1.807) is 6.92 Å². The Kier molecular flexibility index (Phi) is 4.72. The molecule has 1 aromatic rings. The third-order valence-electron chi connectivity index (χ3n) is 2.89. The fourth-order valence-corrected chi connectivity index (χ4v) is 3.41. The maximum absolute atomic E-state index is 12.2. The number of sulfone groups is 1. The molecule has 19 heavy (non-hydrogen) atoms. The summed E-state index contributed by atoms with van der Waals surface area (Å²) >= 11 is 0. The average molecular weight is 306 g/mol. The number of hydrogen-bond acceptors (Lipinski definition) is 5. The van der Waals surface area contributed by atoms with Gasteiger partial charge in [-0.15, -0.1) is 0 Å². The van der Waals surface area contributed by atoms with Crippen molar-refractivity contribution in [2.75, 3.05) is 19.8 Å². The summed E-state index contributed by atoms with van der Waals surface area (Å²) in [5, 5.41) is 0. The van der Waals surface area contributed by atoms with Gasteiger partial charge in [-0.3, -0.25) is 0 Å². The van der Waals surface area contributed by atoms with E-state index in [1.165, 1.54) is 35.6 Å². The Balaban J connectivity index is 3.18. The minimum Gasteiger partial charge on any atom is -0.329 e. The zero-order chi connectivity index (χ0) is 14.8. The Hall–Kier alpha value is -0.960. The fraction of sp³-hybridized carbons (Fsp3) is 0.455. The van der Waals surface area contributed by atoms with Gasteiger partial charge in [0.05, 0.1) is 9.79 Å². The van der Waals surface area contributed by atoms with Gasteiger partial charge in [0.1, 0.15) is 0 Å². The molecule has 0 saturated carbocycles. The molecule has 8 heteroatoms. The largest absolute Gasteiger partial charge is 0.329 e. The molecule has 0 aliphatic heterocycles. The minimum absolute atomic E-state index is 0.0442. The maximum atomic E-state index is 12.2. The van der Waals surface area contributed by atoms with Gasteiger partial charge >= 0.3 is 0 Å². The molecular weight excluding hydrogens is 288 g/mol. The van der Waals surface area contributed by atoms with Crippen LogP contribution in [0.1, 0.15) is 6.92 Å². The maximum Gasteiger partial charge on any atom is 0.243 e. The highest BCUT2D eigenvalue weighted by Gasteiger charge is 2.24. The first-order valence-electron chi connectivity index (χ1n) is 5.59. The molecule has 2 N–H and O–H groups in total. The van der Waals surface area contributed by atoms with E-state index < -0.39 is 19.9 Å². The Labute approximate surface area is 114 Å². The van der Waals surface area contributed by atoms with E-state index in [2.05, 4.69) is 0 Å². The molecule has 1 rings (SSSR count). The van der Waals surface area contributed by atoms with Crippen LogP contribution in [0.15, 0.2) is 34.1 Å². The topological polar surface area (TPSA) is 97.5 Å². The van der Waals surface area contributed by atoms with Crippen LogP contribution in [0, 0.1) is 0 Å². The molecule has 0 spiro atoms. The van der Waals surface area contributed by atoms with E-state index in [9.17, 15) is 16.8 Å². The predicted molar refractivity (Wildman–Crippen MR) is 73.0 cm³/mol. The number of likely N-dealkylation sites (N-methyl/N-ethyl adjacent to an activating group) is 1. The van der Waals surface area contributed by atoms with Gasteiger partial charge in [-0.2, -0.15) is 4.31 Å². The van der Waals surface area contributed by atoms with Crippen molar-refractivity contribution in [3.05, 3.63) is 24.3 Å². The molecule has 6 nitrogen and oxygen atoms in total. The molecule has 0 aliphatic rings. The fourth-order valence-electron chi connectivity index (χ4n) is 1.41. The van der Waals surface area contributed by atoms with Crippen LogP contribution in [0.5, 0.6) is 0 Å². The lowest BCUT2D eigenvalue weighted by molar-refractivity contribution is 0.394. The molecule has 1 atom stereocenters. The monoisotopic (exact) mass is 306 g/mol. The molecular formula is C11H18N2O4S2. The number of hydrogen-bond donors (Lipinski definition) is 1. The van der Waals surface area contributed by atoms with Crippen LogP contribution < -0.4 is 5.73 Å². The highest BCUT2D eigenvalue weighted by atomic mass is 32.2. The van der Waals surface area contributed by atoms with Gasteiger partial charge in [-0.1, -0.05) is 0 Å². The lowest BCUT2D eigenvalue weighted by Crippen LogP contribution is -2.39. The van der Waals surface area contributed by atoms with Gasteiger partial charge in [-0.05, 0) is 31.2 Å². The average Bonchev–Trinajstić information content (AvgIpc) is 2.36. The summed E-state index contributed by atoms with van der Waals surface area (Å²) in [6, 6.07) is 4.79. The highest BCUT2D eigenvalue weighted by Crippen LogP contribution is 2.18. The summed E-state index contributed by atoms with van der Waals surface area (Å²) in [5.41, 5.74) is 5.44. The summed E-state index contributed by atoms with van der Waals surface area (Å²) in [6.07, 6.45) is 1.07. The Morgan fingerprint density at radius 1 is 1.11 bits per heavy atom. The number of rotatable bonds is 5. The summed E-state index contributed by atoms with van der Waals surface area (Å²) in [7, 11) is -5.55. The van der Waals surface area contributed by atoms with Crippen molar-refractivity contribution in [2.45, 2.75) is 22.8 Å². The first kappa shape index (κ1) is 16.1. The minimum atomic E-state index is -3.65. The van der Waals surface area contributed by atoms with Crippen LogP contribution in [-0.2, 0) is 19.9 Å². The van der Waals surface area contributed by atoms with Crippen LogP contribution in [0.3, 0.4) is 0 Å². The summed E-state index contributed by atoms with van der Waals surface area (Å²) in [6.45, 7) is 1.90. The zero-order valence-corrected chi connectivity index (χ0v) is 12.7. The first-order valence-corrected chi connectivity index (χ1v) is 8.92. The van der Waals surface area contributed by atoms with Crippen LogP contribution in [-0.4, -0.2) is 47.0 Å². The van der Waals surface area contributed by atoms with Gasteiger partial charge in [-0.25, -0.2) is 16.8 Å². The molecule has 1 unspecified atom stereocenters. The quantitative estimate of drug-likeness (QED) is 0.829. The van der Waals surface area contributed by atoms with E-state index in [4.69, 9.17) is 5.73 Å². The van der Waals surface area contributed by atoms with Gasteiger partial charge in [0.2, 0.25) is 10.0 Å². The number of nitrogens with zero attached hydrogens (tertiary/aromatic N) is 1. The molecule has 0 aromatic heterocycles. The SMILES string of the molecule is CC(CN)N(C)S(=O)(=O)c1ccc(S(C)(=O)=O)cc1. The summed E-state index contributed by atoms with van der Waals surface area (Å²) < 4.78 is 48.2. The molecule has 0 radical (unpaired) electrons. The summed E-state index contributed by atoms with van der Waals surface area (Å²) in [5.74, 6) is 0. The van der Waals surface area contributed by atoms with Crippen molar-refractivity contribution in [2.24, 2.45) is 5.73 Å². The Morgan fingerprint density at radius 2 is 1.53 bits per heavy atom. The lowest BCUT2D eigenvalue weighted by Gasteiger charge is -2.23. The molecule has 1 aromatic carbocycles. The smallest absolute Gasteiger partial charge is 0.243 e. The van der Waals surface area contributed by atoms with E-state index in [1.807, 2.05) is 0 Å². The van der Waals surface area contributed by atoms with Crippen molar-refractivity contribution in [1.29, 1.82) is 0 Å². The zero-order valence-electron chi connectivity index (χ0n) is 11.1. The van der Waals surface area contributed by atoms with Crippen LogP contribution in [0.2, 0.25) is 0 Å². The molecule has 0 bridgehead atoms. The molecule has 108 valence electrons. The molecule has 0 aliphatic carbocycles. The highest BCUT2D eigenvalue weighted by molar-refractivity contribution is 7.90. The first-order chi connectivity index (χ1) is 8.60. The standard InChI is InChI=1S/C11H18N2O4S2/c1-9(8-12)13(2)19(16,17)11-6-4-10(5-7-11)18(3,14)15/h4-7,9H,8,12H2,1-3H3. The van der Waals surface area contributed by atoms with Crippen LogP contribution in [0.4, 0.5) is 0 Å². The number of benzene rings is 1. The lowest BCUT2D eigenvalue weighted by atomic mass is 10.4. The van der Waals surface area contributed by atoms with Gasteiger partial charge in [0.25, 0.3) is 0 Å². The predicted octanol–water partition coefficient (Wildman–Crippen LogP) is 0.0578. The second-order valence-electron chi connectivity index (χ2n) is 4.35. The third-order valence-corrected chi connectivity index (χ3v) is 6.01. The summed E-state index contributed by atoms with van der Waals surface area (Å²) in [4.78, 5) is 0.128. The van der Waals surface area contributed by atoms with Crippen LogP contribution >= 0.6 is 0 Å². The van der Waals surface area contributed by atoms with Crippen molar-refractivity contribution >= 4 is 19.9 Å². The van der Waals surface area contributed by atoms with Gasteiger partial charge in [0, 0.05) is 25.9 Å². The van der Waals surface area contributed by atoms with Crippen molar-refractivity contribution in [3.63, 3.8) is 0 Å². The van der Waals surface area contributed by atoms with Crippen molar-refractivity contribution in [1.82, 2.24) is 4.31 Å². The number of sulfonamides is 1. The number of nitrogens with two attached hydrogens (primary N) is 1. The molecule has 0 amide bonds. The molecule has 0 heterocycles. The van der Waals surface area contributed by atoms with Gasteiger partial charge < -0.3 is 5.73 Å². The van der Waals surface area contributed by atoms with Crippen LogP contribution in [0.25, 0.3) is 0 Å². The van der Waals surface area contributed by atoms with E-state index in [0.29, 0.717) is 0 Å². The van der Waals surface area contributed by atoms with E-state index in [-0.39, 0.29) is 22.4 Å². The third kappa shape index (κ3) is 3.53. The molecule has 0 fully saturated rings. The van der Waals surface area contributed by atoms with Gasteiger partial charge in [0.15, 0.2) is 9.84 Å². The normalized spacial score (nSPS) is 14.6. The van der Waals surface area contributed by atoms with Crippen molar-refractivity contribution in [3.8, 4) is 0 Å². The Morgan fingerprint density at radius 3 is 1.89 bits per heavy atom. The molecule has 0 saturated heterocycles. The van der Waals surface area contributed by atoms with Crippen molar-refractivity contribution < 1.29 is 16.8 Å².